The molecular weight excluding hydrogens is 250 g/mol. The van der Waals surface area contributed by atoms with E-state index < -0.39 is 0 Å². The van der Waals surface area contributed by atoms with E-state index in [1.165, 1.54) is 37.6 Å². The summed E-state index contributed by atoms with van der Waals surface area (Å²) in [5, 5.41) is 3.50. The second-order valence-electron chi connectivity index (χ2n) is 5.40. The van der Waals surface area contributed by atoms with Crippen molar-refractivity contribution in [2.75, 3.05) is 7.05 Å². The van der Waals surface area contributed by atoms with Crippen LogP contribution in [0.2, 0.25) is 0 Å². The molecule has 0 aliphatic carbocycles. The average Bonchev–Trinajstić information content (AvgIpc) is 2.62. The largest absolute Gasteiger partial charge is 0.309 e. The molecule has 1 unspecified atom stereocenters. The highest BCUT2D eigenvalue weighted by molar-refractivity contribution is 7.12. The van der Waals surface area contributed by atoms with Crippen molar-refractivity contribution in [3.05, 3.63) is 55.8 Å². The lowest BCUT2D eigenvalue weighted by Crippen LogP contribution is -2.20. The first kappa shape index (κ1) is 14.3. The number of thiophene rings is 1. The van der Waals surface area contributed by atoms with Crippen molar-refractivity contribution >= 4 is 11.3 Å². The molecule has 2 aromatic rings. The molecule has 1 aromatic carbocycles. The van der Waals surface area contributed by atoms with Gasteiger partial charge >= 0.3 is 0 Å². The van der Waals surface area contributed by atoms with Crippen molar-refractivity contribution in [2.45, 2.75) is 40.7 Å². The van der Waals surface area contributed by atoms with Gasteiger partial charge in [-0.2, -0.15) is 0 Å². The van der Waals surface area contributed by atoms with Gasteiger partial charge in [-0.3, -0.25) is 0 Å². The fraction of sp³-hybridized carbons (Fsp3) is 0.412. The van der Waals surface area contributed by atoms with Crippen LogP contribution in [0.25, 0.3) is 0 Å². The van der Waals surface area contributed by atoms with Gasteiger partial charge in [0.15, 0.2) is 0 Å². The van der Waals surface area contributed by atoms with Gasteiger partial charge in [0.1, 0.15) is 0 Å². The Labute approximate surface area is 120 Å². The van der Waals surface area contributed by atoms with Crippen LogP contribution in [0.4, 0.5) is 0 Å². The van der Waals surface area contributed by atoms with Gasteiger partial charge in [-0.1, -0.05) is 17.7 Å². The lowest BCUT2D eigenvalue weighted by molar-refractivity contribution is 0.681. The molecule has 0 bridgehead atoms. The highest BCUT2D eigenvalue weighted by atomic mass is 32.1. The van der Waals surface area contributed by atoms with Crippen molar-refractivity contribution in [1.82, 2.24) is 5.32 Å². The van der Waals surface area contributed by atoms with Crippen LogP contribution in [-0.4, -0.2) is 7.05 Å². The molecule has 102 valence electrons. The SMILES string of the molecule is CNC(c1cc(C)sc1C)c1c(C)cc(C)cc1C. The third-order valence-corrected chi connectivity index (χ3v) is 4.69. The van der Waals surface area contributed by atoms with Crippen molar-refractivity contribution in [3.63, 3.8) is 0 Å². The summed E-state index contributed by atoms with van der Waals surface area (Å²) in [7, 11) is 2.05. The van der Waals surface area contributed by atoms with E-state index in [9.17, 15) is 0 Å². The fourth-order valence-electron chi connectivity index (χ4n) is 3.04. The number of hydrogen-bond donors (Lipinski definition) is 1. The minimum absolute atomic E-state index is 0.297. The summed E-state index contributed by atoms with van der Waals surface area (Å²) in [5.41, 5.74) is 6.93. The number of rotatable bonds is 3. The molecule has 1 aromatic heterocycles. The van der Waals surface area contributed by atoms with Crippen molar-refractivity contribution in [3.8, 4) is 0 Å². The van der Waals surface area contributed by atoms with E-state index in [1.807, 2.05) is 11.3 Å². The van der Waals surface area contributed by atoms with Crippen LogP contribution in [0.3, 0.4) is 0 Å². The molecule has 0 saturated carbocycles. The quantitative estimate of drug-likeness (QED) is 0.862. The Morgan fingerprint density at radius 2 is 1.53 bits per heavy atom. The molecule has 2 heteroatoms. The van der Waals surface area contributed by atoms with Crippen LogP contribution in [0.5, 0.6) is 0 Å². The van der Waals surface area contributed by atoms with E-state index in [1.54, 1.807) is 0 Å². The molecule has 1 heterocycles. The van der Waals surface area contributed by atoms with Gasteiger partial charge in [0.25, 0.3) is 0 Å². The van der Waals surface area contributed by atoms with Crippen LogP contribution in [0.1, 0.15) is 43.6 Å². The van der Waals surface area contributed by atoms with E-state index in [-0.39, 0.29) is 0 Å². The molecule has 1 atom stereocenters. The minimum Gasteiger partial charge on any atom is -0.309 e. The Morgan fingerprint density at radius 3 is 1.95 bits per heavy atom. The molecular formula is C17H23NS. The Kier molecular flexibility index (Phi) is 4.12. The Hall–Kier alpha value is -1.12. The van der Waals surface area contributed by atoms with Crippen molar-refractivity contribution in [1.29, 1.82) is 0 Å². The van der Waals surface area contributed by atoms with E-state index in [0.717, 1.165) is 0 Å². The molecule has 0 radical (unpaired) electrons. The molecule has 0 spiro atoms. The summed E-state index contributed by atoms with van der Waals surface area (Å²) >= 11 is 1.88. The number of benzene rings is 1. The highest BCUT2D eigenvalue weighted by Gasteiger charge is 2.20. The molecule has 0 fully saturated rings. The van der Waals surface area contributed by atoms with Crippen LogP contribution in [-0.2, 0) is 0 Å². The Balaban J connectivity index is 2.57. The van der Waals surface area contributed by atoms with E-state index in [4.69, 9.17) is 0 Å². The van der Waals surface area contributed by atoms with Gasteiger partial charge in [-0.05, 0) is 70.0 Å². The molecule has 0 aliphatic rings. The minimum atomic E-state index is 0.297. The van der Waals surface area contributed by atoms with Crippen LogP contribution >= 0.6 is 11.3 Å². The molecule has 0 amide bonds. The third-order valence-electron chi connectivity index (χ3n) is 3.71. The van der Waals surface area contributed by atoms with Gasteiger partial charge in [0.2, 0.25) is 0 Å². The van der Waals surface area contributed by atoms with Gasteiger partial charge in [-0.25, -0.2) is 0 Å². The molecule has 0 saturated heterocycles. The summed E-state index contributed by atoms with van der Waals surface area (Å²) in [5.74, 6) is 0. The van der Waals surface area contributed by atoms with Gasteiger partial charge in [0.05, 0.1) is 6.04 Å². The second-order valence-corrected chi connectivity index (χ2v) is 6.86. The topological polar surface area (TPSA) is 12.0 Å². The number of hydrogen-bond acceptors (Lipinski definition) is 2. The lowest BCUT2D eigenvalue weighted by atomic mass is 9.90. The lowest BCUT2D eigenvalue weighted by Gasteiger charge is -2.22. The first-order valence-electron chi connectivity index (χ1n) is 6.76. The monoisotopic (exact) mass is 273 g/mol. The Bertz CT molecular complexity index is 572. The van der Waals surface area contributed by atoms with Crippen LogP contribution in [0.15, 0.2) is 18.2 Å². The van der Waals surface area contributed by atoms with Crippen molar-refractivity contribution < 1.29 is 0 Å². The average molecular weight is 273 g/mol. The first-order valence-corrected chi connectivity index (χ1v) is 7.57. The number of nitrogens with one attached hydrogen (secondary N) is 1. The van der Waals surface area contributed by atoms with Crippen LogP contribution in [0, 0.1) is 34.6 Å². The third kappa shape index (κ3) is 2.75. The fourth-order valence-corrected chi connectivity index (χ4v) is 4.00. The molecule has 1 N–H and O–H groups in total. The van der Waals surface area contributed by atoms with Gasteiger partial charge in [-0.15, -0.1) is 11.3 Å². The molecule has 19 heavy (non-hydrogen) atoms. The normalized spacial score (nSPS) is 12.7. The molecule has 0 aliphatic heterocycles. The predicted octanol–water partition coefficient (Wildman–Crippen LogP) is 4.60. The summed E-state index contributed by atoms with van der Waals surface area (Å²) in [6.07, 6.45) is 0. The highest BCUT2D eigenvalue weighted by Crippen LogP contribution is 2.33. The Morgan fingerprint density at radius 1 is 0.947 bits per heavy atom. The maximum atomic E-state index is 3.50. The standard InChI is InChI=1S/C17H23NS/c1-10-7-11(2)16(12(3)8-10)17(18-6)15-9-13(4)19-14(15)5/h7-9,17-18H,1-6H3. The van der Waals surface area contributed by atoms with E-state index >= 15 is 0 Å². The van der Waals surface area contributed by atoms with E-state index in [0.29, 0.717) is 6.04 Å². The summed E-state index contributed by atoms with van der Waals surface area (Å²) in [4.78, 5) is 2.80. The predicted molar refractivity (Wildman–Crippen MR) is 85.3 cm³/mol. The second kappa shape index (κ2) is 5.48. The number of aryl methyl sites for hydroxylation is 5. The summed E-state index contributed by atoms with van der Waals surface area (Å²) < 4.78 is 0. The zero-order valence-corrected chi connectivity index (χ0v) is 13.5. The van der Waals surface area contributed by atoms with Crippen LogP contribution < -0.4 is 5.32 Å². The smallest absolute Gasteiger partial charge is 0.0590 e. The van der Waals surface area contributed by atoms with Gasteiger partial charge in [0, 0.05) is 9.75 Å². The molecule has 2 rings (SSSR count). The maximum Gasteiger partial charge on any atom is 0.0590 e. The van der Waals surface area contributed by atoms with Crippen molar-refractivity contribution in [2.24, 2.45) is 0 Å². The molecule has 1 nitrogen and oxygen atoms in total. The van der Waals surface area contributed by atoms with E-state index in [2.05, 4.69) is 65.2 Å². The maximum absolute atomic E-state index is 3.50. The zero-order chi connectivity index (χ0) is 14.2. The summed E-state index contributed by atoms with van der Waals surface area (Å²) in [6, 6.07) is 7.17. The summed E-state index contributed by atoms with van der Waals surface area (Å²) in [6.45, 7) is 11.0. The first-order chi connectivity index (χ1) is 8.93. The zero-order valence-electron chi connectivity index (χ0n) is 12.7. The van der Waals surface area contributed by atoms with Gasteiger partial charge < -0.3 is 5.32 Å².